The van der Waals surface area contributed by atoms with Crippen molar-refractivity contribution < 1.29 is 9.53 Å². The van der Waals surface area contributed by atoms with Gasteiger partial charge in [0, 0.05) is 13.6 Å². The summed E-state index contributed by atoms with van der Waals surface area (Å²) in [6.45, 7) is 6.98. The molecular formula is C20H23ClN2O2. The summed E-state index contributed by atoms with van der Waals surface area (Å²) >= 11 is 6.27. The Morgan fingerprint density at radius 2 is 1.92 bits per heavy atom. The van der Waals surface area contributed by atoms with Crippen LogP contribution < -0.4 is 0 Å². The van der Waals surface area contributed by atoms with E-state index < -0.39 is 0 Å². The van der Waals surface area contributed by atoms with Gasteiger partial charge < -0.3 is 9.64 Å². The van der Waals surface area contributed by atoms with Gasteiger partial charge in [0.15, 0.2) is 0 Å². The van der Waals surface area contributed by atoms with Crippen LogP contribution in [-0.2, 0) is 11.3 Å². The largest absolute Gasteiger partial charge is 0.457 e. The van der Waals surface area contributed by atoms with E-state index in [2.05, 4.69) is 4.99 Å². The predicted octanol–water partition coefficient (Wildman–Crippen LogP) is 4.93. The number of nitrogens with zero attached hydrogens (tertiary/aromatic N) is 2. The topological polar surface area (TPSA) is 41.9 Å². The summed E-state index contributed by atoms with van der Waals surface area (Å²) in [7, 11) is 1.93. The average molecular weight is 359 g/mol. The van der Waals surface area contributed by atoms with Gasteiger partial charge in [-0.2, -0.15) is 0 Å². The van der Waals surface area contributed by atoms with Crippen LogP contribution in [0.2, 0.25) is 5.02 Å². The van der Waals surface area contributed by atoms with E-state index in [-0.39, 0.29) is 12.6 Å². The van der Waals surface area contributed by atoms with E-state index in [0.29, 0.717) is 16.3 Å². The van der Waals surface area contributed by atoms with E-state index in [1.54, 1.807) is 18.5 Å². The van der Waals surface area contributed by atoms with Gasteiger partial charge in [-0.25, -0.2) is 9.79 Å². The number of benzene rings is 2. The minimum absolute atomic E-state index is 0.234. The Bertz CT molecular complexity index is 770. The Morgan fingerprint density at radius 1 is 1.24 bits per heavy atom. The number of hydrogen-bond acceptors (Lipinski definition) is 3. The zero-order valence-electron chi connectivity index (χ0n) is 15.0. The van der Waals surface area contributed by atoms with Crippen molar-refractivity contribution in [1.29, 1.82) is 0 Å². The molecule has 132 valence electrons. The first-order valence-corrected chi connectivity index (χ1v) is 8.55. The Balaban J connectivity index is 2.10. The highest BCUT2D eigenvalue weighted by atomic mass is 35.5. The van der Waals surface area contributed by atoms with E-state index in [1.807, 2.05) is 57.0 Å². The molecule has 0 heterocycles. The molecule has 0 N–H and O–H groups in total. The van der Waals surface area contributed by atoms with Crippen LogP contribution in [0.5, 0.6) is 0 Å². The predicted molar refractivity (Wildman–Crippen MR) is 103 cm³/mol. The molecule has 0 amide bonds. The van der Waals surface area contributed by atoms with Crippen molar-refractivity contribution in [3.05, 3.63) is 63.7 Å². The maximum atomic E-state index is 12.4. The molecule has 0 aliphatic heterocycles. The summed E-state index contributed by atoms with van der Waals surface area (Å²) in [5.74, 6) is -0.388. The van der Waals surface area contributed by atoms with Gasteiger partial charge in [-0.05, 0) is 44.0 Å². The van der Waals surface area contributed by atoms with E-state index in [1.165, 1.54) is 5.56 Å². The monoisotopic (exact) mass is 358 g/mol. The molecule has 0 fully saturated rings. The van der Waals surface area contributed by atoms with Gasteiger partial charge in [0.1, 0.15) is 6.61 Å². The lowest BCUT2D eigenvalue weighted by Gasteiger charge is -2.11. The summed E-state index contributed by atoms with van der Waals surface area (Å²) in [5, 5.41) is 0.425. The zero-order chi connectivity index (χ0) is 18.4. The van der Waals surface area contributed by atoms with Crippen molar-refractivity contribution in [3.8, 4) is 0 Å². The number of aliphatic imine (C=N–C) groups is 1. The highest BCUT2D eigenvalue weighted by Crippen LogP contribution is 2.29. The zero-order valence-corrected chi connectivity index (χ0v) is 15.8. The van der Waals surface area contributed by atoms with E-state index in [4.69, 9.17) is 16.3 Å². The number of halogens is 1. The molecule has 2 aromatic carbocycles. The molecule has 2 rings (SSSR count). The van der Waals surface area contributed by atoms with Gasteiger partial charge in [0.2, 0.25) is 0 Å². The fourth-order valence-electron chi connectivity index (χ4n) is 2.14. The summed E-state index contributed by atoms with van der Waals surface area (Å²) < 4.78 is 5.40. The SMILES string of the molecule is CCN(C)/C=N/c1cc(C)c(C(=O)OCc2ccc(C)cc2)cc1Cl. The highest BCUT2D eigenvalue weighted by molar-refractivity contribution is 6.33. The molecule has 0 atom stereocenters. The molecule has 0 aliphatic rings. The number of carbonyl (C=O) groups excluding carboxylic acids is 1. The van der Waals surface area contributed by atoms with Crippen LogP contribution in [0.4, 0.5) is 5.69 Å². The molecular weight excluding hydrogens is 336 g/mol. The number of carbonyl (C=O) groups is 1. The van der Waals surface area contributed by atoms with Crippen LogP contribution in [0.15, 0.2) is 41.4 Å². The molecule has 0 aliphatic carbocycles. The lowest BCUT2D eigenvalue weighted by molar-refractivity contribution is 0.0472. The third-order valence-corrected chi connectivity index (χ3v) is 4.20. The standard InChI is InChI=1S/C20H23ClN2O2/c1-5-23(4)13-22-19-10-15(3)17(11-18(19)21)20(24)25-12-16-8-6-14(2)7-9-16/h6-11,13H,5,12H2,1-4H3/b22-13+. The molecule has 5 heteroatoms. The molecule has 25 heavy (non-hydrogen) atoms. The number of aryl methyl sites for hydroxylation is 2. The summed E-state index contributed by atoms with van der Waals surface area (Å²) in [6.07, 6.45) is 1.72. The maximum absolute atomic E-state index is 12.4. The lowest BCUT2D eigenvalue weighted by atomic mass is 10.1. The molecule has 0 aromatic heterocycles. The van der Waals surface area contributed by atoms with Crippen molar-refractivity contribution >= 4 is 29.6 Å². The fourth-order valence-corrected chi connectivity index (χ4v) is 2.35. The first-order chi connectivity index (χ1) is 11.9. The highest BCUT2D eigenvalue weighted by Gasteiger charge is 2.14. The molecule has 0 saturated carbocycles. The van der Waals surface area contributed by atoms with Crippen LogP contribution in [0.25, 0.3) is 0 Å². The molecule has 4 nitrogen and oxygen atoms in total. The summed E-state index contributed by atoms with van der Waals surface area (Å²) in [6, 6.07) is 11.3. The van der Waals surface area contributed by atoms with Crippen molar-refractivity contribution in [2.75, 3.05) is 13.6 Å². The van der Waals surface area contributed by atoms with Gasteiger partial charge in [-0.1, -0.05) is 41.4 Å². The van der Waals surface area contributed by atoms with Gasteiger partial charge in [0.25, 0.3) is 0 Å². The molecule has 0 spiro atoms. The number of rotatable bonds is 6. The third-order valence-electron chi connectivity index (χ3n) is 3.90. The molecule has 0 bridgehead atoms. The Kier molecular flexibility index (Phi) is 6.59. The summed E-state index contributed by atoms with van der Waals surface area (Å²) in [4.78, 5) is 18.7. The van der Waals surface area contributed by atoms with Gasteiger partial charge in [0.05, 0.1) is 22.6 Å². The lowest BCUT2D eigenvalue weighted by Crippen LogP contribution is -2.14. The van der Waals surface area contributed by atoms with Gasteiger partial charge in [-0.3, -0.25) is 0 Å². The van der Waals surface area contributed by atoms with Gasteiger partial charge in [-0.15, -0.1) is 0 Å². The second-order valence-corrected chi connectivity index (χ2v) is 6.41. The van der Waals surface area contributed by atoms with Gasteiger partial charge >= 0.3 is 5.97 Å². The summed E-state index contributed by atoms with van der Waals surface area (Å²) in [5.41, 5.74) is 3.99. The third kappa shape index (κ3) is 5.33. The number of ether oxygens (including phenoxy) is 1. The van der Waals surface area contributed by atoms with E-state index in [9.17, 15) is 4.79 Å². The Hall–Kier alpha value is -2.33. The van der Waals surface area contributed by atoms with Crippen LogP contribution in [0, 0.1) is 13.8 Å². The van der Waals surface area contributed by atoms with Crippen molar-refractivity contribution in [2.45, 2.75) is 27.4 Å². The van der Waals surface area contributed by atoms with Crippen LogP contribution in [0.1, 0.15) is 34.0 Å². The first kappa shape index (κ1) is 19.0. The molecule has 0 radical (unpaired) electrons. The van der Waals surface area contributed by atoms with E-state index in [0.717, 1.165) is 17.7 Å². The number of hydrogen-bond donors (Lipinski definition) is 0. The second kappa shape index (κ2) is 8.67. The smallest absolute Gasteiger partial charge is 0.338 e. The van der Waals surface area contributed by atoms with Crippen LogP contribution in [-0.4, -0.2) is 30.8 Å². The van der Waals surface area contributed by atoms with E-state index >= 15 is 0 Å². The molecule has 0 unspecified atom stereocenters. The normalized spacial score (nSPS) is 10.9. The maximum Gasteiger partial charge on any atom is 0.338 e. The first-order valence-electron chi connectivity index (χ1n) is 8.18. The molecule has 0 saturated heterocycles. The fraction of sp³-hybridized carbons (Fsp3) is 0.300. The quantitative estimate of drug-likeness (QED) is 0.418. The van der Waals surface area contributed by atoms with Crippen molar-refractivity contribution in [2.24, 2.45) is 4.99 Å². The van der Waals surface area contributed by atoms with Crippen molar-refractivity contribution in [1.82, 2.24) is 4.90 Å². The minimum Gasteiger partial charge on any atom is -0.457 e. The number of esters is 1. The van der Waals surface area contributed by atoms with Crippen LogP contribution in [0.3, 0.4) is 0 Å². The second-order valence-electron chi connectivity index (χ2n) is 6.00. The minimum atomic E-state index is -0.388. The van der Waals surface area contributed by atoms with Crippen molar-refractivity contribution in [3.63, 3.8) is 0 Å². The molecule has 2 aromatic rings. The van der Waals surface area contributed by atoms with Crippen LogP contribution >= 0.6 is 11.6 Å². The Morgan fingerprint density at radius 3 is 2.56 bits per heavy atom. The average Bonchev–Trinajstić information content (AvgIpc) is 2.61. The Labute approximate surface area is 154 Å².